The van der Waals surface area contributed by atoms with Crippen LogP contribution in [0.1, 0.15) is 43.5 Å². The molecule has 1 amide bonds. The van der Waals surface area contributed by atoms with Crippen LogP contribution in [0, 0.1) is 0 Å². The van der Waals surface area contributed by atoms with Gasteiger partial charge in [-0.25, -0.2) is 8.42 Å². The molecule has 6 heteroatoms. The molecule has 0 spiro atoms. The van der Waals surface area contributed by atoms with Crippen molar-refractivity contribution < 1.29 is 13.2 Å². The van der Waals surface area contributed by atoms with Gasteiger partial charge in [0, 0.05) is 31.7 Å². The number of hydrogen-bond donors (Lipinski definition) is 0. The molecule has 1 aromatic rings. The van der Waals surface area contributed by atoms with Crippen molar-refractivity contribution in [1.29, 1.82) is 0 Å². The zero-order chi connectivity index (χ0) is 16.5. The first-order valence-electron chi connectivity index (χ1n) is 7.60. The van der Waals surface area contributed by atoms with Gasteiger partial charge in [-0.1, -0.05) is 6.42 Å². The number of amides is 1. The van der Waals surface area contributed by atoms with E-state index in [0.717, 1.165) is 19.3 Å². The lowest BCUT2D eigenvalue weighted by atomic mass is 10.0. The third kappa shape index (κ3) is 3.17. The van der Waals surface area contributed by atoms with Crippen LogP contribution in [0.25, 0.3) is 0 Å². The highest BCUT2D eigenvalue weighted by Gasteiger charge is 2.35. The van der Waals surface area contributed by atoms with Crippen molar-refractivity contribution in [3.8, 4) is 0 Å². The number of carbonyl (C=O) groups excluding carboxylic acids is 1. The average Bonchev–Trinajstić information content (AvgIpc) is 2.46. The van der Waals surface area contributed by atoms with Gasteiger partial charge in [-0.05, 0) is 51.0 Å². The summed E-state index contributed by atoms with van der Waals surface area (Å²) in [5, 5.41) is 0. The van der Waals surface area contributed by atoms with E-state index >= 15 is 0 Å². The number of hydrogen-bond acceptors (Lipinski definition) is 3. The monoisotopic (exact) mass is 324 g/mol. The van der Waals surface area contributed by atoms with E-state index in [9.17, 15) is 13.2 Å². The maximum absolute atomic E-state index is 12.9. The van der Waals surface area contributed by atoms with Crippen LogP contribution < -0.4 is 0 Å². The Morgan fingerprint density at radius 2 is 1.59 bits per heavy atom. The van der Waals surface area contributed by atoms with Gasteiger partial charge in [0.05, 0.1) is 4.90 Å². The summed E-state index contributed by atoms with van der Waals surface area (Å²) in [6, 6.07) is 6.23. The smallest absolute Gasteiger partial charge is 0.253 e. The van der Waals surface area contributed by atoms with Gasteiger partial charge in [-0.15, -0.1) is 0 Å². The Bertz CT molecular complexity index is 628. The summed E-state index contributed by atoms with van der Waals surface area (Å²) in [7, 11) is -0.173. The summed E-state index contributed by atoms with van der Waals surface area (Å²) in [6.45, 7) is 3.91. The molecule has 0 N–H and O–H groups in total. The summed E-state index contributed by atoms with van der Waals surface area (Å²) in [6.07, 6.45) is 2.84. The van der Waals surface area contributed by atoms with Crippen molar-refractivity contribution in [3.63, 3.8) is 0 Å². The molecule has 2 unspecified atom stereocenters. The van der Waals surface area contributed by atoms with E-state index in [0.29, 0.717) is 5.56 Å². The molecule has 0 bridgehead atoms. The van der Waals surface area contributed by atoms with Crippen LogP contribution >= 0.6 is 0 Å². The van der Waals surface area contributed by atoms with Gasteiger partial charge < -0.3 is 4.90 Å². The number of benzene rings is 1. The molecule has 0 aliphatic carbocycles. The molecular formula is C16H24N2O3S. The summed E-state index contributed by atoms with van der Waals surface area (Å²) >= 11 is 0. The van der Waals surface area contributed by atoms with Crippen LogP contribution in [0.4, 0.5) is 0 Å². The van der Waals surface area contributed by atoms with Crippen molar-refractivity contribution in [2.24, 2.45) is 0 Å². The molecule has 0 saturated carbocycles. The van der Waals surface area contributed by atoms with E-state index in [-0.39, 0.29) is 22.9 Å². The van der Waals surface area contributed by atoms with E-state index in [1.165, 1.54) is 17.0 Å². The van der Waals surface area contributed by atoms with Crippen LogP contribution in [0.5, 0.6) is 0 Å². The Balaban J connectivity index is 2.32. The fourth-order valence-electron chi connectivity index (χ4n) is 3.02. The van der Waals surface area contributed by atoms with Gasteiger partial charge in [-0.3, -0.25) is 4.79 Å². The minimum absolute atomic E-state index is 0.0110. The van der Waals surface area contributed by atoms with Crippen LogP contribution in [0.3, 0.4) is 0 Å². The highest BCUT2D eigenvalue weighted by molar-refractivity contribution is 7.89. The van der Waals surface area contributed by atoms with Gasteiger partial charge in [0.15, 0.2) is 0 Å². The predicted octanol–water partition coefficient (Wildman–Crippen LogP) is 2.34. The van der Waals surface area contributed by atoms with Crippen molar-refractivity contribution in [2.45, 2.75) is 50.1 Å². The number of rotatable bonds is 3. The third-order valence-electron chi connectivity index (χ3n) is 4.20. The average molecular weight is 324 g/mol. The maximum Gasteiger partial charge on any atom is 0.253 e. The Hall–Kier alpha value is -1.40. The molecule has 1 saturated heterocycles. The molecule has 0 radical (unpaired) electrons. The molecule has 1 aliphatic rings. The second-order valence-electron chi connectivity index (χ2n) is 6.19. The first-order valence-corrected chi connectivity index (χ1v) is 9.04. The van der Waals surface area contributed by atoms with Crippen LogP contribution in [-0.2, 0) is 10.0 Å². The van der Waals surface area contributed by atoms with Gasteiger partial charge in [-0.2, -0.15) is 4.31 Å². The van der Waals surface area contributed by atoms with Crippen molar-refractivity contribution in [2.75, 3.05) is 14.1 Å². The number of carbonyl (C=O) groups is 1. The highest BCUT2D eigenvalue weighted by Crippen LogP contribution is 2.29. The van der Waals surface area contributed by atoms with Crippen LogP contribution in [-0.4, -0.2) is 49.7 Å². The lowest BCUT2D eigenvalue weighted by molar-refractivity contribution is 0.0827. The first-order chi connectivity index (χ1) is 10.2. The van der Waals surface area contributed by atoms with E-state index in [1.807, 2.05) is 13.8 Å². The molecule has 122 valence electrons. The summed E-state index contributed by atoms with van der Waals surface area (Å²) < 4.78 is 27.3. The van der Waals surface area contributed by atoms with E-state index < -0.39 is 10.0 Å². The Morgan fingerprint density at radius 3 is 2.05 bits per heavy atom. The Morgan fingerprint density at radius 1 is 1.09 bits per heavy atom. The summed E-state index contributed by atoms with van der Waals surface area (Å²) in [5.74, 6) is -0.136. The first kappa shape index (κ1) is 17.0. The Labute approximate surface area is 133 Å². The summed E-state index contributed by atoms with van der Waals surface area (Å²) in [4.78, 5) is 13.6. The molecule has 0 aromatic heterocycles. The second-order valence-corrected chi connectivity index (χ2v) is 8.03. The fourth-order valence-corrected chi connectivity index (χ4v) is 4.90. The van der Waals surface area contributed by atoms with E-state index in [2.05, 4.69) is 0 Å². The zero-order valence-corrected chi connectivity index (χ0v) is 14.4. The van der Waals surface area contributed by atoms with E-state index in [1.54, 1.807) is 30.5 Å². The molecule has 1 aliphatic heterocycles. The largest absolute Gasteiger partial charge is 0.345 e. The van der Waals surface area contributed by atoms with Crippen molar-refractivity contribution in [1.82, 2.24) is 9.21 Å². The maximum atomic E-state index is 12.9. The molecule has 2 rings (SSSR count). The zero-order valence-electron chi connectivity index (χ0n) is 13.6. The molecule has 2 atom stereocenters. The fraction of sp³-hybridized carbons (Fsp3) is 0.562. The topological polar surface area (TPSA) is 57.7 Å². The van der Waals surface area contributed by atoms with Crippen LogP contribution in [0.15, 0.2) is 29.2 Å². The van der Waals surface area contributed by atoms with Crippen LogP contribution in [0.2, 0.25) is 0 Å². The van der Waals surface area contributed by atoms with Crippen molar-refractivity contribution >= 4 is 15.9 Å². The molecule has 1 aromatic carbocycles. The normalized spacial score (nSPS) is 23.3. The van der Waals surface area contributed by atoms with E-state index in [4.69, 9.17) is 0 Å². The number of piperidine rings is 1. The van der Waals surface area contributed by atoms with Gasteiger partial charge in [0.2, 0.25) is 10.0 Å². The number of sulfonamides is 1. The SMILES string of the molecule is CC1CCCC(C)N1S(=O)(=O)c1ccc(C(=O)N(C)C)cc1. The van der Waals surface area contributed by atoms with Gasteiger partial charge in [0.25, 0.3) is 5.91 Å². The minimum Gasteiger partial charge on any atom is -0.345 e. The molecule has 5 nitrogen and oxygen atoms in total. The van der Waals surface area contributed by atoms with Crippen molar-refractivity contribution in [3.05, 3.63) is 29.8 Å². The van der Waals surface area contributed by atoms with Gasteiger partial charge >= 0.3 is 0 Å². The minimum atomic E-state index is -3.51. The molecule has 1 heterocycles. The molecule has 1 fully saturated rings. The summed E-state index contributed by atoms with van der Waals surface area (Å²) in [5.41, 5.74) is 0.490. The lowest BCUT2D eigenvalue weighted by Crippen LogP contribution is -2.47. The number of nitrogens with zero attached hydrogens (tertiary/aromatic N) is 2. The lowest BCUT2D eigenvalue weighted by Gasteiger charge is -2.37. The molecule has 22 heavy (non-hydrogen) atoms. The van der Waals surface area contributed by atoms with Gasteiger partial charge in [0.1, 0.15) is 0 Å². The quantitative estimate of drug-likeness (QED) is 0.857. The third-order valence-corrected chi connectivity index (χ3v) is 6.34. The predicted molar refractivity (Wildman–Crippen MR) is 86.3 cm³/mol. The highest BCUT2D eigenvalue weighted by atomic mass is 32.2. The molecular weight excluding hydrogens is 300 g/mol. The standard InChI is InChI=1S/C16H24N2O3S/c1-12-6-5-7-13(2)18(12)22(20,21)15-10-8-14(9-11-15)16(19)17(3)4/h8-13H,5-7H2,1-4H3. The second kappa shape index (κ2) is 6.38. The Kier molecular flexibility index (Phi) is 4.92.